The Kier molecular flexibility index (Phi) is 5.71. The van der Waals surface area contributed by atoms with Crippen LogP contribution in [0, 0.1) is 20.8 Å². The van der Waals surface area contributed by atoms with Gasteiger partial charge in [0.05, 0.1) is 0 Å². The molecule has 1 heterocycles. The van der Waals surface area contributed by atoms with E-state index in [-0.39, 0.29) is 0 Å². The van der Waals surface area contributed by atoms with Crippen LogP contribution in [0.3, 0.4) is 0 Å². The van der Waals surface area contributed by atoms with E-state index < -0.39 is 7.26 Å². The zero-order chi connectivity index (χ0) is 24.7. The molecule has 5 aromatic carbocycles. The van der Waals surface area contributed by atoms with Crippen molar-refractivity contribution in [3.63, 3.8) is 0 Å². The third-order valence-electron chi connectivity index (χ3n) is 7.31. The van der Waals surface area contributed by atoms with E-state index in [2.05, 4.69) is 148 Å². The predicted molar refractivity (Wildman–Crippen MR) is 158 cm³/mol. The molecule has 0 unspecified atom stereocenters. The number of benzene rings is 5. The lowest BCUT2D eigenvalue weighted by atomic mass is 9.95. The lowest BCUT2D eigenvalue weighted by molar-refractivity contribution is 1.46. The second-order valence-electron chi connectivity index (χ2n) is 9.82. The molecule has 0 atom stereocenters. The molecule has 36 heavy (non-hydrogen) atoms. The van der Waals surface area contributed by atoms with Gasteiger partial charge < -0.3 is 0 Å². The molecule has 0 N–H and O–H groups in total. The van der Waals surface area contributed by atoms with Crippen molar-refractivity contribution in [3.05, 3.63) is 161 Å². The minimum atomic E-state index is -2.18. The van der Waals surface area contributed by atoms with E-state index >= 15 is 0 Å². The van der Waals surface area contributed by atoms with E-state index in [1.54, 1.807) is 0 Å². The van der Waals surface area contributed by atoms with Gasteiger partial charge in [0, 0.05) is 16.7 Å². The molecule has 0 saturated heterocycles. The summed E-state index contributed by atoms with van der Waals surface area (Å²) in [5.74, 6) is 0. The summed E-state index contributed by atoms with van der Waals surface area (Å²) in [4.78, 5) is 0. The van der Waals surface area contributed by atoms with Gasteiger partial charge in [0.1, 0.15) is 28.5 Å². The molecule has 0 saturated carbocycles. The van der Waals surface area contributed by atoms with Gasteiger partial charge in [0.25, 0.3) is 0 Å². The minimum Gasteiger partial charge on any atom is -0.0622 e. The first-order valence-electron chi connectivity index (χ1n) is 12.6. The van der Waals surface area contributed by atoms with Crippen molar-refractivity contribution in [2.75, 3.05) is 0 Å². The molecule has 0 aromatic heterocycles. The lowest BCUT2D eigenvalue weighted by Gasteiger charge is -2.27. The highest BCUT2D eigenvalue weighted by molar-refractivity contribution is 8.04. The van der Waals surface area contributed by atoms with E-state index in [9.17, 15) is 0 Å². The van der Waals surface area contributed by atoms with Gasteiger partial charge in [-0.3, -0.25) is 0 Å². The van der Waals surface area contributed by atoms with Gasteiger partial charge in [-0.25, -0.2) is 0 Å². The number of fused-ring (bicyclic) bond motifs is 1. The second kappa shape index (κ2) is 9.05. The first-order valence-corrected chi connectivity index (χ1v) is 14.4. The predicted octanol–water partition coefficient (Wildman–Crippen LogP) is 7.84. The first kappa shape index (κ1) is 22.7. The Labute approximate surface area is 215 Å². The van der Waals surface area contributed by atoms with Crippen LogP contribution in [0.4, 0.5) is 0 Å². The SMILES string of the molecule is Cc1ccc([P+]2(c3ccc(C)cc3)C(c3ccccc3)=C(c3ccccc3)c3cc(C)ccc32)cc1. The minimum absolute atomic E-state index is 1.28. The second-order valence-corrected chi connectivity index (χ2v) is 13.1. The van der Waals surface area contributed by atoms with Crippen LogP contribution in [-0.4, -0.2) is 0 Å². The fourth-order valence-electron chi connectivity index (χ4n) is 5.61. The highest BCUT2D eigenvalue weighted by atomic mass is 31.2. The van der Waals surface area contributed by atoms with E-state index in [0.717, 1.165) is 0 Å². The Bertz CT molecular complexity index is 1510. The van der Waals surface area contributed by atoms with E-state index in [4.69, 9.17) is 0 Å². The fraction of sp³-hybridized carbons (Fsp3) is 0.0857. The van der Waals surface area contributed by atoms with Gasteiger partial charge in [-0.05, 0) is 62.7 Å². The molecule has 174 valence electrons. The average Bonchev–Trinajstić information content (AvgIpc) is 3.21. The van der Waals surface area contributed by atoms with E-state index in [1.807, 2.05) is 0 Å². The average molecular weight is 482 g/mol. The number of hydrogen-bond donors (Lipinski definition) is 0. The topological polar surface area (TPSA) is 0 Å². The summed E-state index contributed by atoms with van der Waals surface area (Å²) in [7, 11) is -2.18. The largest absolute Gasteiger partial charge is 0.146 e. The van der Waals surface area contributed by atoms with Crippen LogP contribution in [0.25, 0.3) is 10.9 Å². The smallest absolute Gasteiger partial charge is 0.0622 e. The van der Waals surface area contributed by atoms with Crippen LogP contribution >= 0.6 is 7.26 Å². The summed E-state index contributed by atoms with van der Waals surface area (Å²) >= 11 is 0. The number of aryl methyl sites for hydroxylation is 3. The highest BCUT2D eigenvalue weighted by Gasteiger charge is 2.57. The fourth-order valence-corrected chi connectivity index (χ4v) is 10.4. The molecule has 0 bridgehead atoms. The Balaban J connectivity index is 1.85. The molecule has 0 fully saturated rings. The molecule has 0 radical (unpaired) electrons. The summed E-state index contributed by atoms with van der Waals surface area (Å²) in [6.07, 6.45) is 0. The van der Waals surface area contributed by atoms with Crippen molar-refractivity contribution in [2.45, 2.75) is 20.8 Å². The maximum absolute atomic E-state index is 2.41. The van der Waals surface area contributed by atoms with Gasteiger partial charge in [0.2, 0.25) is 0 Å². The molecule has 0 aliphatic carbocycles. The maximum Gasteiger partial charge on any atom is 0.146 e. The standard InChI is InChI=1S/C35H30P/c1-25-14-19-30(20-15-25)36(31-21-16-26(2)17-22-31)33-23-18-27(3)24-32(33)34(28-10-6-4-7-11-28)35(36)29-12-8-5-9-13-29/h4-24H,1-3H3/q+1. The van der Waals surface area contributed by atoms with Crippen molar-refractivity contribution in [2.24, 2.45) is 0 Å². The third kappa shape index (κ3) is 3.57. The monoisotopic (exact) mass is 481 g/mol. The molecule has 1 heteroatoms. The first-order chi connectivity index (χ1) is 17.6. The van der Waals surface area contributed by atoms with Gasteiger partial charge >= 0.3 is 0 Å². The van der Waals surface area contributed by atoms with Crippen LogP contribution in [0.1, 0.15) is 33.4 Å². The molecule has 0 amide bonds. The normalized spacial score (nSPS) is 14.1. The molecule has 0 nitrogen and oxygen atoms in total. The van der Waals surface area contributed by atoms with Crippen LogP contribution in [-0.2, 0) is 0 Å². The van der Waals surface area contributed by atoms with Crippen molar-refractivity contribution in [1.29, 1.82) is 0 Å². The third-order valence-corrected chi connectivity index (χ3v) is 11.7. The summed E-state index contributed by atoms with van der Waals surface area (Å²) < 4.78 is 0. The lowest BCUT2D eigenvalue weighted by Crippen LogP contribution is -2.30. The molecule has 1 aliphatic rings. The number of rotatable bonds is 4. The summed E-state index contributed by atoms with van der Waals surface area (Å²) in [6.45, 7) is 6.56. The van der Waals surface area contributed by atoms with Crippen molar-refractivity contribution in [1.82, 2.24) is 0 Å². The van der Waals surface area contributed by atoms with Gasteiger partial charge in [-0.15, -0.1) is 0 Å². The zero-order valence-electron chi connectivity index (χ0n) is 21.1. The summed E-state index contributed by atoms with van der Waals surface area (Å²) in [5, 5.41) is 5.74. The van der Waals surface area contributed by atoms with Crippen LogP contribution < -0.4 is 15.9 Å². The van der Waals surface area contributed by atoms with Crippen LogP contribution in [0.2, 0.25) is 0 Å². The molecular formula is C35H30P+. The molecule has 1 aliphatic heterocycles. The summed E-state index contributed by atoms with van der Waals surface area (Å²) in [6, 6.07) is 47.8. The Morgan fingerprint density at radius 3 is 1.44 bits per heavy atom. The van der Waals surface area contributed by atoms with Gasteiger partial charge in [0.15, 0.2) is 0 Å². The van der Waals surface area contributed by atoms with Crippen molar-refractivity contribution < 1.29 is 0 Å². The van der Waals surface area contributed by atoms with E-state index in [0.29, 0.717) is 0 Å². The van der Waals surface area contributed by atoms with Crippen LogP contribution in [0.15, 0.2) is 127 Å². The van der Waals surface area contributed by atoms with Crippen molar-refractivity contribution >= 4 is 34.1 Å². The zero-order valence-corrected chi connectivity index (χ0v) is 22.0. The molecule has 6 rings (SSSR count). The van der Waals surface area contributed by atoms with E-state index in [1.165, 1.54) is 60.2 Å². The quantitative estimate of drug-likeness (QED) is 0.229. The highest BCUT2D eigenvalue weighted by Crippen LogP contribution is 2.73. The number of hydrogen-bond acceptors (Lipinski definition) is 0. The molecular weight excluding hydrogens is 451 g/mol. The van der Waals surface area contributed by atoms with Gasteiger partial charge in [-0.2, -0.15) is 0 Å². The maximum atomic E-state index is 2.41. The Hall–Kier alpha value is -3.73. The molecule has 0 spiro atoms. The summed E-state index contributed by atoms with van der Waals surface area (Å²) in [5.41, 5.74) is 9.20. The van der Waals surface area contributed by atoms with Gasteiger partial charge in [-0.1, -0.05) is 108 Å². The Morgan fingerprint density at radius 2 is 0.917 bits per heavy atom. The molecule has 5 aromatic rings. The Morgan fingerprint density at radius 1 is 0.444 bits per heavy atom. The van der Waals surface area contributed by atoms with Crippen LogP contribution in [0.5, 0.6) is 0 Å². The van der Waals surface area contributed by atoms with Crippen molar-refractivity contribution in [3.8, 4) is 0 Å².